The number of amides is 3. The van der Waals surface area contributed by atoms with E-state index in [4.69, 9.17) is 21.3 Å². The van der Waals surface area contributed by atoms with E-state index in [9.17, 15) is 27.2 Å². The lowest BCUT2D eigenvalue weighted by atomic mass is 10.1. The Morgan fingerprint density at radius 3 is 2.66 bits per heavy atom. The molecule has 38 heavy (non-hydrogen) atoms. The zero-order valence-electron chi connectivity index (χ0n) is 20.2. The van der Waals surface area contributed by atoms with Crippen molar-refractivity contribution < 1.29 is 36.8 Å². The molecule has 0 bridgehead atoms. The topological polar surface area (TPSA) is 95.2 Å². The number of hydroxylamine groups is 3. The van der Waals surface area contributed by atoms with Crippen molar-refractivity contribution in [2.75, 3.05) is 19.7 Å². The molecule has 0 saturated carbocycles. The first-order chi connectivity index (χ1) is 18.2. The molecular weight excluding hydrogens is 534 g/mol. The molecule has 0 aliphatic carbocycles. The van der Waals surface area contributed by atoms with Crippen LogP contribution in [-0.4, -0.2) is 54.2 Å². The maximum atomic E-state index is 13.8. The summed E-state index contributed by atoms with van der Waals surface area (Å²) in [6.07, 6.45) is -0.479. The number of alkyl halides is 2. The lowest BCUT2D eigenvalue weighted by Crippen LogP contribution is -2.55. The minimum atomic E-state index is -2.63. The van der Waals surface area contributed by atoms with Crippen molar-refractivity contribution in [3.05, 3.63) is 82.5 Å². The Hall–Kier alpha value is -3.23. The molecule has 206 valence electrons. The van der Waals surface area contributed by atoms with Crippen LogP contribution in [0, 0.1) is 11.6 Å². The van der Waals surface area contributed by atoms with Crippen LogP contribution < -0.4 is 16.2 Å². The molecule has 3 rings (SSSR count). The highest BCUT2D eigenvalue weighted by Gasteiger charge is 2.26. The lowest BCUT2D eigenvalue weighted by Gasteiger charge is -2.31. The van der Waals surface area contributed by atoms with Crippen LogP contribution in [0.3, 0.4) is 0 Å². The van der Waals surface area contributed by atoms with Crippen LogP contribution in [0.5, 0.6) is 0 Å². The van der Waals surface area contributed by atoms with Crippen LogP contribution in [0.2, 0.25) is 5.02 Å². The number of hydrazine groups is 1. The summed E-state index contributed by atoms with van der Waals surface area (Å²) < 4.78 is 52.5. The van der Waals surface area contributed by atoms with Gasteiger partial charge in [-0.3, -0.25) is 19.5 Å². The zero-order chi connectivity index (χ0) is 27.7. The molecule has 0 spiro atoms. The van der Waals surface area contributed by atoms with Gasteiger partial charge in [0.1, 0.15) is 17.7 Å². The molecule has 0 aromatic heterocycles. The van der Waals surface area contributed by atoms with Crippen LogP contribution in [0.15, 0.2) is 54.7 Å². The molecule has 1 heterocycles. The molecule has 0 radical (unpaired) electrons. The lowest BCUT2D eigenvalue weighted by molar-refractivity contribution is -0.138. The SMILES string of the molecule is CC(=O)N(NCc1cccc(F)c1Cl)[C@@H](CNCC(F)F)CONC(=O)N1C=CC(c2cccc(F)c2)O1. The summed E-state index contributed by atoms with van der Waals surface area (Å²) in [6, 6.07) is 8.16. The van der Waals surface area contributed by atoms with Gasteiger partial charge < -0.3 is 5.32 Å². The van der Waals surface area contributed by atoms with Crippen molar-refractivity contribution in [3.63, 3.8) is 0 Å². The molecule has 1 aliphatic rings. The van der Waals surface area contributed by atoms with E-state index in [-0.39, 0.29) is 24.7 Å². The summed E-state index contributed by atoms with van der Waals surface area (Å²) in [5, 5.41) is 4.34. The van der Waals surface area contributed by atoms with Crippen LogP contribution in [0.4, 0.5) is 22.4 Å². The third kappa shape index (κ3) is 8.39. The maximum absolute atomic E-state index is 13.8. The summed E-state index contributed by atoms with van der Waals surface area (Å²) in [5.74, 6) is -1.60. The molecule has 3 amide bonds. The van der Waals surface area contributed by atoms with E-state index in [0.717, 1.165) is 10.1 Å². The van der Waals surface area contributed by atoms with Crippen LogP contribution in [0.25, 0.3) is 0 Å². The first-order valence-corrected chi connectivity index (χ1v) is 11.8. The Labute approximate surface area is 221 Å². The van der Waals surface area contributed by atoms with Gasteiger partial charge in [-0.2, -0.15) is 5.06 Å². The standard InChI is InChI=1S/C24H26ClF4N5O4/c1-15(35)34(31-11-17-5-3-7-20(27)23(17)25)19(12-30-13-22(28)29)14-37-32-24(36)33-9-8-21(38-33)16-4-2-6-18(26)10-16/h2-10,19,21-22,30-31H,11-14H2,1H3,(H,32,36)/t19-,21?/m0/s1. The summed E-state index contributed by atoms with van der Waals surface area (Å²) in [6.45, 7) is 0.0794. The predicted octanol–water partition coefficient (Wildman–Crippen LogP) is 3.84. The molecule has 2 aromatic carbocycles. The fourth-order valence-corrected chi connectivity index (χ4v) is 3.69. The summed E-state index contributed by atoms with van der Waals surface area (Å²) >= 11 is 5.97. The summed E-state index contributed by atoms with van der Waals surface area (Å²) in [4.78, 5) is 35.5. The van der Waals surface area contributed by atoms with Crippen LogP contribution >= 0.6 is 11.6 Å². The van der Waals surface area contributed by atoms with Crippen molar-refractivity contribution in [3.8, 4) is 0 Å². The van der Waals surface area contributed by atoms with Crippen molar-refractivity contribution in [1.82, 2.24) is 26.3 Å². The number of urea groups is 1. The van der Waals surface area contributed by atoms with Gasteiger partial charge in [-0.1, -0.05) is 35.9 Å². The number of rotatable bonds is 12. The normalized spacial score (nSPS) is 15.7. The third-order valence-electron chi connectivity index (χ3n) is 5.29. The third-order valence-corrected chi connectivity index (χ3v) is 5.71. The number of carbonyl (C=O) groups is 2. The highest BCUT2D eigenvalue weighted by molar-refractivity contribution is 6.31. The van der Waals surface area contributed by atoms with Gasteiger partial charge in [0.25, 0.3) is 6.43 Å². The molecule has 14 heteroatoms. The van der Waals surface area contributed by atoms with E-state index in [1.54, 1.807) is 12.1 Å². The van der Waals surface area contributed by atoms with E-state index >= 15 is 0 Å². The van der Waals surface area contributed by atoms with Crippen LogP contribution in [-0.2, 0) is 21.0 Å². The number of hydrogen-bond acceptors (Lipinski definition) is 6. The summed E-state index contributed by atoms with van der Waals surface area (Å²) in [7, 11) is 0. The zero-order valence-corrected chi connectivity index (χ0v) is 20.9. The molecule has 2 atom stereocenters. The van der Waals surface area contributed by atoms with Crippen molar-refractivity contribution >= 4 is 23.5 Å². The van der Waals surface area contributed by atoms with Gasteiger partial charge >= 0.3 is 6.03 Å². The smallest absolute Gasteiger partial charge is 0.309 e. The fourth-order valence-electron chi connectivity index (χ4n) is 3.50. The van der Waals surface area contributed by atoms with Gasteiger partial charge in [-0.25, -0.2) is 33.3 Å². The van der Waals surface area contributed by atoms with Gasteiger partial charge in [0.15, 0.2) is 0 Å². The highest BCUT2D eigenvalue weighted by atomic mass is 35.5. The average molecular weight is 560 g/mol. The second-order valence-corrected chi connectivity index (χ2v) is 8.48. The first kappa shape index (κ1) is 29.3. The maximum Gasteiger partial charge on any atom is 0.369 e. The number of hydrogen-bond donors (Lipinski definition) is 3. The second kappa shape index (κ2) is 14.1. The Bertz CT molecular complexity index is 1140. The number of nitrogens with one attached hydrogen (secondary N) is 3. The molecular formula is C24H26ClF4N5O4. The Morgan fingerprint density at radius 1 is 1.18 bits per heavy atom. The molecule has 2 aromatic rings. The number of carbonyl (C=O) groups excluding carboxylic acids is 2. The molecule has 1 aliphatic heterocycles. The van der Waals surface area contributed by atoms with E-state index < -0.39 is 48.7 Å². The Balaban J connectivity index is 1.58. The monoisotopic (exact) mass is 559 g/mol. The predicted molar refractivity (Wildman–Crippen MR) is 129 cm³/mol. The molecule has 1 unspecified atom stereocenters. The second-order valence-electron chi connectivity index (χ2n) is 8.11. The van der Waals surface area contributed by atoms with E-state index in [0.29, 0.717) is 11.1 Å². The number of nitrogens with zero attached hydrogens (tertiary/aromatic N) is 2. The van der Waals surface area contributed by atoms with Crippen molar-refractivity contribution in [2.24, 2.45) is 0 Å². The van der Waals surface area contributed by atoms with E-state index in [2.05, 4.69) is 16.2 Å². The minimum Gasteiger partial charge on any atom is -0.309 e. The van der Waals surface area contributed by atoms with Gasteiger partial charge in [0.05, 0.1) is 24.2 Å². The van der Waals surface area contributed by atoms with Crippen LogP contribution in [0.1, 0.15) is 24.2 Å². The van der Waals surface area contributed by atoms with E-state index in [1.165, 1.54) is 49.5 Å². The Morgan fingerprint density at radius 2 is 1.95 bits per heavy atom. The largest absolute Gasteiger partial charge is 0.369 e. The minimum absolute atomic E-state index is 0.0538. The highest BCUT2D eigenvalue weighted by Crippen LogP contribution is 2.26. The number of benzene rings is 2. The average Bonchev–Trinajstić information content (AvgIpc) is 3.36. The summed E-state index contributed by atoms with van der Waals surface area (Å²) in [5.41, 5.74) is 5.79. The Kier molecular flexibility index (Phi) is 10.9. The van der Waals surface area contributed by atoms with Crippen molar-refractivity contribution in [1.29, 1.82) is 0 Å². The van der Waals surface area contributed by atoms with Gasteiger partial charge in [-0.05, 0) is 35.4 Å². The molecule has 3 N–H and O–H groups in total. The molecule has 0 saturated heterocycles. The first-order valence-electron chi connectivity index (χ1n) is 11.4. The molecule has 9 nitrogen and oxygen atoms in total. The van der Waals surface area contributed by atoms with Crippen molar-refractivity contribution in [2.45, 2.75) is 32.0 Å². The molecule has 0 fully saturated rings. The number of halogens is 5. The quantitative estimate of drug-likeness (QED) is 0.270. The fraction of sp³-hybridized carbons (Fsp3) is 0.333. The van der Waals surface area contributed by atoms with E-state index in [1.807, 2.05) is 0 Å². The van der Waals surface area contributed by atoms with Gasteiger partial charge in [-0.15, -0.1) is 0 Å². The van der Waals surface area contributed by atoms with Gasteiger partial charge in [0, 0.05) is 26.2 Å². The van der Waals surface area contributed by atoms with Gasteiger partial charge in [0.2, 0.25) is 5.91 Å².